The second kappa shape index (κ2) is 7.51. The molecule has 2 fully saturated rings. The summed E-state index contributed by atoms with van der Waals surface area (Å²) < 4.78 is 0. The van der Waals surface area contributed by atoms with Crippen LogP contribution in [0.2, 0.25) is 0 Å². The smallest absolute Gasteiger partial charge is 0.232 e. The average molecular weight is 266 g/mol. The highest BCUT2D eigenvalue weighted by Crippen LogP contribution is 2.13. The number of likely N-dealkylation sites (tertiary alicyclic amines) is 2. The lowest BCUT2D eigenvalue weighted by molar-refractivity contribution is -0.140. The van der Waals surface area contributed by atoms with E-state index in [2.05, 4.69) is 0 Å². The van der Waals surface area contributed by atoms with E-state index in [-0.39, 0.29) is 18.2 Å². The molecule has 19 heavy (non-hydrogen) atoms. The molecule has 2 saturated heterocycles. The Kier molecular flexibility index (Phi) is 5.67. The zero-order chi connectivity index (χ0) is 13.5. The van der Waals surface area contributed by atoms with Gasteiger partial charge in [0, 0.05) is 26.2 Å². The van der Waals surface area contributed by atoms with Crippen LogP contribution in [0, 0.1) is 0 Å². The molecule has 0 atom stereocenters. The molecule has 0 radical (unpaired) electrons. The van der Waals surface area contributed by atoms with Crippen molar-refractivity contribution in [3.05, 3.63) is 0 Å². The van der Waals surface area contributed by atoms with Gasteiger partial charge in [-0.05, 0) is 25.7 Å². The Hall–Kier alpha value is -1.06. The van der Waals surface area contributed by atoms with Gasteiger partial charge in [-0.3, -0.25) is 9.59 Å². The number of carbonyl (C=O) groups excluding carboxylic acids is 2. The average Bonchev–Trinajstić information content (AvgIpc) is 2.83. The van der Waals surface area contributed by atoms with E-state index in [1.54, 1.807) is 0 Å². The lowest BCUT2D eigenvalue weighted by Crippen LogP contribution is -2.38. The third-order valence-electron chi connectivity index (χ3n) is 4.22. The maximum Gasteiger partial charge on any atom is 0.232 e. The van der Waals surface area contributed by atoms with Crippen molar-refractivity contribution in [3.63, 3.8) is 0 Å². The predicted octanol–water partition coefficient (Wildman–Crippen LogP) is 2.18. The van der Waals surface area contributed by atoms with Gasteiger partial charge in [-0.1, -0.05) is 25.7 Å². The fraction of sp³-hybridized carbons (Fsp3) is 0.867. The van der Waals surface area contributed by atoms with Crippen LogP contribution in [0.4, 0.5) is 0 Å². The van der Waals surface area contributed by atoms with E-state index in [1.165, 1.54) is 25.7 Å². The van der Waals surface area contributed by atoms with Crippen molar-refractivity contribution in [1.29, 1.82) is 0 Å². The summed E-state index contributed by atoms with van der Waals surface area (Å²) in [5.41, 5.74) is 0. The summed E-state index contributed by atoms with van der Waals surface area (Å²) in [5.74, 6) is 0.0762. The van der Waals surface area contributed by atoms with Crippen LogP contribution in [0.15, 0.2) is 0 Å². The van der Waals surface area contributed by atoms with Gasteiger partial charge >= 0.3 is 0 Å². The highest BCUT2D eigenvalue weighted by Gasteiger charge is 2.22. The number of rotatable bonds is 2. The van der Waals surface area contributed by atoms with Gasteiger partial charge < -0.3 is 9.80 Å². The van der Waals surface area contributed by atoms with Crippen molar-refractivity contribution in [1.82, 2.24) is 9.80 Å². The molecule has 0 bridgehead atoms. The largest absolute Gasteiger partial charge is 0.342 e. The van der Waals surface area contributed by atoms with Crippen LogP contribution in [0.5, 0.6) is 0 Å². The monoisotopic (exact) mass is 266 g/mol. The lowest BCUT2D eigenvalue weighted by Gasteiger charge is -2.24. The highest BCUT2D eigenvalue weighted by molar-refractivity contribution is 5.96. The Balaban J connectivity index is 1.81. The summed E-state index contributed by atoms with van der Waals surface area (Å²) in [6, 6.07) is 0. The molecule has 2 amide bonds. The van der Waals surface area contributed by atoms with Crippen LogP contribution in [0.25, 0.3) is 0 Å². The lowest BCUT2D eigenvalue weighted by atomic mass is 10.2. The molecular weight excluding hydrogens is 240 g/mol. The van der Waals surface area contributed by atoms with E-state index in [0.29, 0.717) is 0 Å². The molecule has 4 nitrogen and oxygen atoms in total. The van der Waals surface area contributed by atoms with Gasteiger partial charge in [-0.15, -0.1) is 0 Å². The van der Waals surface area contributed by atoms with Gasteiger partial charge in [0.2, 0.25) is 11.8 Å². The van der Waals surface area contributed by atoms with E-state index in [0.717, 1.165) is 51.9 Å². The summed E-state index contributed by atoms with van der Waals surface area (Å²) >= 11 is 0. The van der Waals surface area contributed by atoms with Gasteiger partial charge in [-0.25, -0.2) is 0 Å². The molecule has 0 saturated carbocycles. The minimum Gasteiger partial charge on any atom is -0.342 e. The zero-order valence-electron chi connectivity index (χ0n) is 11.9. The van der Waals surface area contributed by atoms with Crippen LogP contribution >= 0.6 is 0 Å². The van der Waals surface area contributed by atoms with Crippen LogP contribution in [-0.4, -0.2) is 47.8 Å². The Morgan fingerprint density at radius 3 is 1.21 bits per heavy atom. The predicted molar refractivity (Wildman–Crippen MR) is 74.7 cm³/mol. The van der Waals surface area contributed by atoms with E-state index in [1.807, 2.05) is 9.80 Å². The summed E-state index contributed by atoms with van der Waals surface area (Å²) in [6.45, 7) is 3.36. The standard InChI is InChI=1S/C15H26N2O2/c18-14(16-9-5-1-2-6-10-16)13-15(19)17-11-7-3-4-8-12-17/h1-13H2. The first kappa shape index (κ1) is 14.4. The molecule has 2 aliphatic heterocycles. The number of hydrogen-bond acceptors (Lipinski definition) is 2. The molecule has 0 unspecified atom stereocenters. The van der Waals surface area contributed by atoms with E-state index >= 15 is 0 Å². The third-order valence-corrected chi connectivity index (χ3v) is 4.22. The zero-order valence-corrected chi connectivity index (χ0v) is 11.9. The summed E-state index contributed by atoms with van der Waals surface area (Å²) in [7, 11) is 0. The first-order chi connectivity index (χ1) is 9.27. The summed E-state index contributed by atoms with van der Waals surface area (Å²) in [6.07, 6.45) is 9.28. The van der Waals surface area contributed by atoms with Gasteiger partial charge in [0.05, 0.1) is 0 Å². The van der Waals surface area contributed by atoms with E-state index in [9.17, 15) is 9.59 Å². The first-order valence-electron chi connectivity index (χ1n) is 7.83. The van der Waals surface area contributed by atoms with Gasteiger partial charge in [0.25, 0.3) is 0 Å². The van der Waals surface area contributed by atoms with Crippen molar-refractivity contribution in [3.8, 4) is 0 Å². The van der Waals surface area contributed by atoms with E-state index < -0.39 is 0 Å². The summed E-state index contributed by atoms with van der Waals surface area (Å²) in [4.78, 5) is 28.1. The molecule has 0 aromatic heterocycles. The Labute approximate surface area is 116 Å². The Morgan fingerprint density at radius 1 is 0.579 bits per heavy atom. The van der Waals surface area contributed by atoms with Gasteiger partial charge in [0.15, 0.2) is 0 Å². The number of carbonyl (C=O) groups is 2. The molecule has 0 N–H and O–H groups in total. The van der Waals surface area contributed by atoms with Gasteiger partial charge in [-0.2, -0.15) is 0 Å². The minimum absolute atomic E-state index is 0.0381. The van der Waals surface area contributed by atoms with Crippen LogP contribution < -0.4 is 0 Å². The molecule has 2 heterocycles. The highest BCUT2D eigenvalue weighted by atomic mass is 16.2. The second-order valence-electron chi connectivity index (χ2n) is 5.77. The van der Waals surface area contributed by atoms with Crippen molar-refractivity contribution < 1.29 is 9.59 Å². The second-order valence-corrected chi connectivity index (χ2v) is 5.77. The van der Waals surface area contributed by atoms with Crippen molar-refractivity contribution in [2.75, 3.05) is 26.2 Å². The van der Waals surface area contributed by atoms with Crippen LogP contribution in [0.3, 0.4) is 0 Å². The van der Waals surface area contributed by atoms with Crippen molar-refractivity contribution in [2.45, 2.75) is 57.8 Å². The Bertz CT molecular complexity index is 271. The molecule has 0 aliphatic carbocycles. The maximum atomic E-state index is 12.2. The van der Waals surface area contributed by atoms with Crippen LogP contribution in [-0.2, 0) is 9.59 Å². The number of nitrogens with zero attached hydrogens (tertiary/aromatic N) is 2. The number of hydrogen-bond donors (Lipinski definition) is 0. The molecule has 4 heteroatoms. The Morgan fingerprint density at radius 2 is 0.895 bits per heavy atom. The quantitative estimate of drug-likeness (QED) is 0.719. The molecular formula is C15H26N2O2. The number of amides is 2. The molecule has 2 aliphatic rings. The summed E-state index contributed by atoms with van der Waals surface area (Å²) in [5, 5.41) is 0. The molecule has 0 aromatic carbocycles. The maximum absolute atomic E-state index is 12.2. The molecule has 0 aromatic rings. The fourth-order valence-corrected chi connectivity index (χ4v) is 2.99. The van der Waals surface area contributed by atoms with Crippen LogP contribution in [0.1, 0.15) is 57.8 Å². The van der Waals surface area contributed by atoms with Crippen molar-refractivity contribution in [2.24, 2.45) is 0 Å². The fourth-order valence-electron chi connectivity index (χ4n) is 2.99. The van der Waals surface area contributed by atoms with Gasteiger partial charge in [0.1, 0.15) is 6.42 Å². The molecule has 2 rings (SSSR count). The molecule has 0 spiro atoms. The normalized spacial score (nSPS) is 21.7. The first-order valence-corrected chi connectivity index (χ1v) is 7.83. The topological polar surface area (TPSA) is 40.6 Å². The molecule has 108 valence electrons. The van der Waals surface area contributed by atoms with E-state index in [4.69, 9.17) is 0 Å². The van der Waals surface area contributed by atoms with Crippen molar-refractivity contribution >= 4 is 11.8 Å². The SMILES string of the molecule is O=C(CC(=O)N1CCCCCC1)N1CCCCCC1. The minimum atomic E-state index is 0.0381. The third kappa shape index (κ3) is 4.51.